The second-order valence-corrected chi connectivity index (χ2v) is 6.32. The summed E-state index contributed by atoms with van der Waals surface area (Å²) in [4.78, 5) is 13.0. The third-order valence-corrected chi connectivity index (χ3v) is 4.39. The molecule has 0 atom stereocenters. The Morgan fingerprint density at radius 3 is 2.39 bits per heavy atom. The summed E-state index contributed by atoms with van der Waals surface area (Å²) in [6.45, 7) is 1.99. The third kappa shape index (κ3) is 3.51. The van der Waals surface area contributed by atoms with Crippen molar-refractivity contribution < 1.29 is 13.2 Å². The van der Waals surface area contributed by atoms with Crippen molar-refractivity contribution in [2.45, 2.75) is 13.1 Å². The van der Waals surface area contributed by atoms with E-state index in [4.69, 9.17) is 0 Å². The highest BCUT2D eigenvalue weighted by Crippen LogP contribution is 2.31. The predicted molar refractivity (Wildman–Crippen MR) is 102 cm³/mol. The first-order valence-corrected chi connectivity index (χ1v) is 8.53. The van der Waals surface area contributed by atoms with Crippen LogP contribution in [0.25, 0.3) is 22.2 Å². The van der Waals surface area contributed by atoms with Crippen LogP contribution in [0.15, 0.2) is 67.1 Å². The second-order valence-electron chi connectivity index (χ2n) is 6.32. The summed E-state index contributed by atoms with van der Waals surface area (Å²) in [7, 11) is 0. The van der Waals surface area contributed by atoms with E-state index in [0.29, 0.717) is 17.0 Å². The lowest BCUT2D eigenvalue weighted by molar-refractivity contribution is -0.137. The van der Waals surface area contributed by atoms with Crippen LogP contribution in [0.1, 0.15) is 11.1 Å². The minimum absolute atomic E-state index is 0.512. The summed E-state index contributed by atoms with van der Waals surface area (Å²) in [5, 5.41) is 3.83. The van der Waals surface area contributed by atoms with Gasteiger partial charge >= 0.3 is 6.18 Å². The Morgan fingerprint density at radius 1 is 0.893 bits per heavy atom. The maximum Gasteiger partial charge on any atom is 0.416 e. The largest absolute Gasteiger partial charge is 0.416 e. The monoisotopic (exact) mass is 380 g/mol. The first-order chi connectivity index (χ1) is 13.4. The lowest BCUT2D eigenvalue weighted by Gasteiger charge is -2.11. The van der Waals surface area contributed by atoms with E-state index in [0.717, 1.165) is 34.3 Å². The number of alkyl halides is 3. The van der Waals surface area contributed by atoms with Gasteiger partial charge in [0.1, 0.15) is 12.1 Å². The van der Waals surface area contributed by atoms with E-state index in [1.807, 2.05) is 37.3 Å². The van der Waals surface area contributed by atoms with Crippen molar-refractivity contribution in [3.05, 3.63) is 78.2 Å². The molecule has 0 saturated carbocycles. The lowest BCUT2D eigenvalue weighted by atomic mass is 10.0. The van der Waals surface area contributed by atoms with E-state index >= 15 is 0 Å². The van der Waals surface area contributed by atoms with Crippen molar-refractivity contribution >= 4 is 22.4 Å². The molecule has 140 valence electrons. The maximum atomic E-state index is 12.7. The van der Waals surface area contributed by atoms with Crippen LogP contribution in [-0.2, 0) is 6.18 Å². The fourth-order valence-electron chi connectivity index (χ4n) is 2.97. The first kappa shape index (κ1) is 17.9. The van der Waals surface area contributed by atoms with E-state index in [-0.39, 0.29) is 0 Å². The number of pyridine rings is 1. The molecule has 4 rings (SSSR count). The van der Waals surface area contributed by atoms with E-state index in [1.165, 1.54) is 18.5 Å². The standard InChI is InChI=1S/C21H15F3N4/c1-13-3-2-10-25-19(13)14-4-9-17-18(11-14)26-12-27-20(17)28-16-7-5-15(6-8-16)21(22,23)24/h2-12H,1H3,(H,26,27,28). The predicted octanol–water partition coefficient (Wildman–Crippen LogP) is 5.76. The van der Waals surface area contributed by atoms with Crippen LogP contribution in [0.3, 0.4) is 0 Å². The fourth-order valence-corrected chi connectivity index (χ4v) is 2.97. The molecule has 0 radical (unpaired) electrons. The van der Waals surface area contributed by atoms with Crippen molar-refractivity contribution in [2.75, 3.05) is 5.32 Å². The van der Waals surface area contributed by atoms with Gasteiger partial charge in [-0.05, 0) is 55.0 Å². The van der Waals surface area contributed by atoms with E-state index in [9.17, 15) is 13.2 Å². The van der Waals surface area contributed by atoms with Crippen LogP contribution in [0.2, 0.25) is 0 Å². The van der Waals surface area contributed by atoms with E-state index in [2.05, 4.69) is 20.3 Å². The molecule has 0 aliphatic rings. The summed E-state index contributed by atoms with van der Waals surface area (Å²) < 4.78 is 38.1. The number of halogens is 3. The number of anilines is 2. The Balaban J connectivity index is 1.68. The summed E-state index contributed by atoms with van der Waals surface area (Å²) in [5.41, 5.74) is 3.40. The number of nitrogens with one attached hydrogen (secondary N) is 1. The molecular weight excluding hydrogens is 365 g/mol. The highest BCUT2D eigenvalue weighted by atomic mass is 19.4. The van der Waals surface area contributed by atoms with Gasteiger partial charge in [0.25, 0.3) is 0 Å². The molecule has 0 aliphatic heterocycles. The van der Waals surface area contributed by atoms with Crippen LogP contribution in [0, 0.1) is 6.92 Å². The molecule has 2 heterocycles. The summed E-state index contributed by atoms with van der Waals surface area (Å²) in [6.07, 6.45) is -1.20. The smallest absolute Gasteiger partial charge is 0.340 e. The summed E-state index contributed by atoms with van der Waals surface area (Å²) in [5.74, 6) is 0.522. The number of nitrogens with zero attached hydrogens (tertiary/aromatic N) is 3. The van der Waals surface area contributed by atoms with Crippen LogP contribution in [-0.4, -0.2) is 15.0 Å². The second kappa shape index (κ2) is 6.92. The van der Waals surface area contributed by atoms with Gasteiger partial charge in [-0.1, -0.05) is 12.1 Å². The Morgan fingerprint density at radius 2 is 1.68 bits per heavy atom. The van der Waals surface area contributed by atoms with Gasteiger partial charge in [-0.15, -0.1) is 0 Å². The van der Waals surface area contributed by atoms with Crippen molar-refractivity contribution in [2.24, 2.45) is 0 Å². The average Bonchev–Trinajstić information content (AvgIpc) is 2.68. The molecule has 0 amide bonds. The van der Waals surface area contributed by atoms with Gasteiger partial charge in [-0.25, -0.2) is 9.97 Å². The Labute approximate surface area is 159 Å². The van der Waals surface area contributed by atoms with Crippen molar-refractivity contribution in [1.82, 2.24) is 15.0 Å². The van der Waals surface area contributed by atoms with Gasteiger partial charge in [0.05, 0.1) is 16.8 Å². The molecule has 2 aromatic carbocycles. The first-order valence-electron chi connectivity index (χ1n) is 8.53. The SMILES string of the molecule is Cc1cccnc1-c1ccc2c(Nc3ccc(C(F)(F)F)cc3)ncnc2c1. The number of hydrogen-bond acceptors (Lipinski definition) is 4. The van der Waals surface area contributed by atoms with Crippen molar-refractivity contribution in [3.8, 4) is 11.3 Å². The minimum atomic E-state index is -4.36. The summed E-state index contributed by atoms with van der Waals surface area (Å²) in [6, 6.07) is 14.4. The molecule has 4 aromatic rings. The normalized spacial score (nSPS) is 11.6. The zero-order valence-corrected chi connectivity index (χ0v) is 14.8. The number of benzene rings is 2. The molecule has 0 aliphatic carbocycles. The quantitative estimate of drug-likeness (QED) is 0.491. The van der Waals surface area contributed by atoms with Gasteiger partial charge in [0.2, 0.25) is 0 Å². The third-order valence-electron chi connectivity index (χ3n) is 4.39. The molecule has 4 nitrogen and oxygen atoms in total. The Bertz CT molecular complexity index is 1140. The van der Waals surface area contributed by atoms with Gasteiger partial charge in [-0.3, -0.25) is 4.98 Å². The molecule has 0 fully saturated rings. The lowest BCUT2D eigenvalue weighted by Crippen LogP contribution is -2.04. The maximum absolute atomic E-state index is 12.7. The highest BCUT2D eigenvalue weighted by Gasteiger charge is 2.29. The number of aromatic nitrogens is 3. The molecule has 28 heavy (non-hydrogen) atoms. The molecule has 0 bridgehead atoms. The molecule has 7 heteroatoms. The van der Waals surface area contributed by atoms with Gasteiger partial charge in [-0.2, -0.15) is 13.2 Å². The molecule has 2 aromatic heterocycles. The number of hydrogen-bond donors (Lipinski definition) is 1. The zero-order chi connectivity index (χ0) is 19.7. The van der Waals surface area contributed by atoms with E-state index < -0.39 is 11.7 Å². The number of fused-ring (bicyclic) bond motifs is 1. The zero-order valence-electron chi connectivity index (χ0n) is 14.8. The van der Waals surface area contributed by atoms with Crippen LogP contribution >= 0.6 is 0 Å². The van der Waals surface area contributed by atoms with Gasteiger partial charge in [0.15, 0.2) is 0 Å². The van der Waals surface area contributed by atoms with Crippen LogP contribution < -0.4 is 5.32 Å². The molecule has 1 N–H and O–H groups in total. The number of aryl methyl sites for hydroxylation is 1. The summed E-state index contributed by atoms with van der Waals surface area (Å²) >= 11 is 0. The average molecular weight is 380 g/mol. The topological polar surface area (TPSA) is 50.7 Å². The van der Waals surface area contributed by atoms with Gasteiger partial charge < -0.3 is 5.32 Å². The Hall–Kier alpha value is -3.48. The Kier molecular flexibility index (Phi) is 4.43. The number of rotatable bonds is 3. The molecule has 0 spiro atoms. The fraction of sp³-hybridized carbons (Fsp3) is 0.0952. The molecular formula is C21H15F3N4. The van der Waals surface area contributed by atoms with Crippen LogP contribution in [0.5, 0.6) is 0 Å². The van der Waals surface area contributed by atoms with Gasteiger partial charge in [0, 0.05) is 22.8 Å². The van der Waals surface area contributed by atoms with Crippen molar-refractivity contribution in [1.29, 1.82) is 0 Å². The highest BCUT2D eigenvalue weighted by molar-refractivity contribution is 5.93. The van der Waals surface area contributed by atoms with E-state index in [1.54, 1.807) is 6.20 Å². The van der Waals surface area contributed by atoms with Crippen molar-refractivity contribution in [3.63, 3.8) is 0 Å². The van der Waals surface area contributed by atoms with Crippen LogP contribution in [0.4, 0.5) is 24.7 Å². The minimum Gasteiger partial charge on any atom is -0.340 e. The molecule has 0 saturated heterocycles. The molecule has 0 unspecified atom stereocenters.